The quantitative estimate of drug-likeness (QED) is 0.366. The van der Waals surface area contributed by atoms with Crippen molar-refractivity contribution in [3.8, 4) is 17.2 Å². The van der Waals surface area contributed by atoms with Crippen molar-refractivity contribution in [1.29, 1.82) is 0 Å². The second-order valence-corrected chi connectivity index (χ2v) is 8.42. The maximum atomic E-state index is 12.5. The number of anilines is 1. The molecule has 5 rings (SSSR count). The molecule has 2 aromatic carbocycles. The van der Waals surface area contributed by atoms with Crippen LogP contribution in [0.5, 0.6) is 11.5 Å². The van der Waals surface area contributed by atoms with Gasteiger partial charge in [-0.15, -0.1) is 0 Å². The number of fused-ring (bicyclic) bond motifs is 2. The fraction of sp³-hybridized carbons (Fsp3) is 0.217. The molecule has 9 heteroatoms. The van der Waals surface area contributed by atoms with Gasteiger partial charge in [-0.3, -0.25) is 4.79 Å². The Morgan fingerprint density at radius 3 is 2.78 bits per heavy atom. The van der Waals surface area contributed by atoms with E-state index in [0.29, 0.717) is 41.1 Å². The number of carbonyl (C=O) groups is 1. The number of thioether (sulfide) groups is 1. The van der Waals surface area contributed by atoms with Gasteiger partial charge in [0.25, 0.3) is 0 Å². The Morgan fingerprint density at radius 2 is 1.94 bits per heavy atom. The lowest BCUT2D eigenvalue weighted by atomic mass is 10.1. The molecule has 8 nitrogen and oxygen atoms in total. The Morgan fingerprint density at radius 1 is 1.09 bits per heavy atom. The zero-order chi connectivity index (χ0) is 22.1. The van der Waals surface area contributed by atoms with Crippen molar-refractivity contribution in [2.24, 2.45) is 0 Å². The molecular formula is C23H21N5O3S. The molecule has 0 unspecified atom stereocenters. The first kappa shape index (κ1) is 20.3. The van der Waals surface area contributed by atoms with Gasteiger partial charge in [-0.25, -0.2) is 14.6 Å². The average molecular weight is 448 g/mol. The van der Waals surface area contributed by atoms with Gasteiger partial charge >= 0.3 is 0 Å². The van der Waals surface area contributed by atoms with Gasteiger partial charge in [0.2, 0.25) is 5.91 Å². The predicted octanol–water partition coefficient (Wildman–Crippen LogP) is 3.93. The van der Waals surface area contributed by atoms with E-state index in [1.165, 1.54) is 23.7 Å². The number of ether oxygens (including phenoxy) is 2. The number of benzene rings is 2. The number of hydrogen-bond acceptors (Lipinski definition) is 7. The SMILES string of the molecule is Cc1ccc(-n2ncc3c(SCC(=O)Nc4ccc5c(c4)OCCO5)ncnc32)c(C)c1. The van der Waals surface area contributed by atoms with Crippen LogP contribution in [0.4, 0.5) is 5.69 Å². The van der Waals surface area contributed by atoms with Crippen LogP contribution in [0.15, 0.2) is 53.9 Å². The lowest BCUT2D eigenvalue weighted by Gasteiger charge is -2.19. The van der Waals surface area contributed by atoms with Crippen LogP contribution in [-0.4, -0.2) is 44.6 Å². The molecule has 0 aliphatic carbocycles. The zero-order valence-corrected chi connectivity index (χ0v) is 18.5. The van der Waals surface area contributed by atoms with Gasteiger partial charge in [0.05, 0.1) is 23.0 Å². The van der Waals surface area contributed by atoms with E-state index in [1.54, 1.807) is 24.4 Å². The number of nitrogens with one attached hydrogen (secondary N) is 1. The molecular weight excluding hydrogens is 426 g/mol. The van der Waals surface area contributed by atoms with Crippen LogP contribution in [0.1, 0.15) is 11.1 Å². The molecule has 0 saturated heterocycles. The highest BCUT2D eigenvalue weighted by molar-refractivity contribution is 8.00. The number of carbonyl (C=O) groups excluding carboxylic acids is 1. The van der Waals surface area contributed by atoms with E-state index in [1.807, 2.05) is 10.7 Å². The van der Waals surface area contributed by atoms with E-state index < -0.39 is 0 Å². The molecule has 0 bridgehead atoms. The van der Waals surface area contributed by atoms with E-state index in [9.17, 15) is 4.79 Å². The van der Waals surface area contributed by atoms with Crippen molar-refractivity contribution in [2.75, 3.05) is 24.3 Å². The van der Waals surface area contributed by atoms with Crippen LogP contribution in [0.25, 0.3) is 16.7 Å². The highest BCUT2D eigenvalue weighted by atomic mass is 32.2. The van der Waals surface area contributed by atoms with E-state index in [2.05, 4.69) is 46.4 Å². The molecule has 0 fully saturated rings. The molecule has 1 aliphatic heterocycles. The van der Waals surface area contributed by atoms with Crippen molar-refractivity contribution < 1.29 is 14.3 Å². The van der Waals surface area contributed by atoms with Crippen LogP contribution >= 0.6 is 11.8 Å². The molecule has 0 atom stereocenters. The highest BCUT2D eigenvalue weighted by Crippen LogP contribution is 2.33. The molecule has 1 aliphatic rings. The van der Waals surface area contributed by atoms with E-state index >= 15 is 0 Å². The summed E-state index contributed by atoms with van der Waals surface area (Å²) in [7, 11) is 0. The zero-order valence-electron chi connectivity index (χ0n) is 17.7. The van der Waals surface area contributed by atoms with Crippen molar-refractivity contribution >= 4 is 34.4 Å². The fourth-order valence-electron chi connectivity index (χ4n) is 3.61. The van der Waals surface area contributed by atoms with Gasteiger partial charge in [-0.1, -0.05) is 29.5 Å². The molecule has 0 spiro atoms. The summed E-state index contributed by atoms with van der Waals surface area (Å²) in [6.45, 7) is 5.14. The topological polar surface area (TPSA) is 91.2 Å². The van der Waals surface area contributed by atoms with E-state index in [4.69, 9.17) is 9.47 Å². The normalized spacial score (nSPS) is 12.7. The lowest BCUT2D eigenvalue weighted by Crippen LogP contribution is -2.17. The molecule has 4 aromatic rings. The Kier molecular flexibility index (Phi) is 5.40. The number of aryl methyl sites for hydroxylation is 2. The van der Waals surface area contributed by atoms with Gasteiger partial charge in [-0.05, 0) is 37.6 Å². The van der Waals surface area contributed by atoms with Gasteiger partial charge in [-0.2, -0.15) is 5.10 Å². The summed E-state index contributed by atoms with van der Waals surface area (Å²) in [5.41, 5.74) is 4.65. The first-order chi connectivity index (χ1) is 15.6. The van der Waals surface area contributed by atoms with E-state index in [0.717, 1.165) is 16.6 Å². The molecule has 2 aromatic heterocycles. The first-order valence-electron chi connectivity index (χ1n) is 10.2. The Labute approximate surface area is 189 Å². The van der Waals surface area contributed by atoms with E-state index in [-0.39, 0.29) is 11.7 Å². The second kappa shape index (κ2) is 8.51. The predicted molar refractivity (Wildman–Crippen MR) is 123 cm³/mol. The van der Waals surface area contributed by atoms with Crippen LogP contribution in [-0.2, 0) is 4.79 Å². The third-order valence-electron chi connectivity index (χ3n) is 5.08. The number of nitrogens with zero attached hydrogens (tertiary/aromatic N) is 4. The maximum Gasteiger partial charge on any atom is 0.234 e. The molecule has 162 valence electrons. The smallest absolute Gasteiger partial charge is 0.234 e. The molecule has 32 heavy (non-hydrogen) atoms. The number of aromatic nitrogens is 4. The number of hydrogen-bond donors (Lipinski definition) is 1. The highest BCUT2D eigenvalue weighted by Gasteiger charge is 2.16. The summed E-state index contributed by atoms with van der Waals surface area (Å²) >= 11 is 1.35. The van der Waals surface area contributed by atoms with Crippen molar-refractivity contribution in [1.82, 2.24) is 19.7 Å². The van der Waals surface area contributed by atoms with Crippen molar-refractivity contribution in [2.45, 2.75) is 18.9 Å². The molecule has 1 amide bonds. The largest absolute Gasteiger partial charge is 0.486 e. The Balaban J connectivity index is 1.31. The van der Waals surface area contributed by atoms with Gasteiger partial charge < -0.3 is 14.8 Å². The monoisotopic (exact) mass is 447 g/mol. The molecule has 0 radical (unpaired) electrons. The summed E-state index contributed by atoms with van der Waals surface area (Å²) in [4.78, 5) is 21.3. The Hall–Kier alpha value is -3.59. The minimum Gasteiger partial charge on any atom is -0.486 e. The van der Waals surface area contributed by atoms with Gasteiger partial charge in [0, 0.05) is 11.8 Å². The van der Waals surface area contributed by atoms with Crippen LogP contribution < -0.4 is 14.8 Å². The molecule has 3 heterocycles. The van der Waals surface area contributed by atoms with Crippen molar-refractivity contribution in [3.05, 3.63) is 60.0 Å². The summed E-state index contributed by atoms with van der Waals surface area (Å²) in [5, 5.41) is 8.94. The first-order valence-corrected chi connectivity index (χ1v) is 11.2. The number of rotatable bonds is 5. The summed E-state index contributed by atoms with van der Waals surface area (Å²) in [6.07, 6.45) is 3.25. The summed E-state index contributed by atoms with van der Waals surface area (Å²) < 4.78 is 12.9. The lowest BCUT2D eigenvalue weighted by molar-refractivity contribution is -0.113. The van der Waals surface area contributed by atoms with Crippen LogP contribution in [0, 0.1) is 13.8 Å². The average Bonchev–Trinajstić information content (AvgIpc) is 3.22. The number of amides is 1. The van der Waals surface area contributed by atoms with Gasteiger partial charge in [0.1, 0.15) is 24.6 Å². The van der Waals surface area contributed by atoms with Crippen molar-refractivity contribution in [3.63, 3.8) is 0 Å². The summed E-state index contributed by atoms with van der Waals surface area (Å²) in [6, 6.07) is 11.6. The fourth-order valence-corrected chi connectivity index (χ4v) is 4.37. The second-order valence-electron chi connectivity index (χ2n) is 7.46. The standard InChI is InChI=1S/C23H21N5O3S/c1-14-3-5-18(15(2)9-14)28-22-17(11-26-28)23(25-13-24-22)32-12-21(29)27-16-4-6-19-20(10-16)31-8-7-30-19/h3-6,9-11,13H,7-8,12H2,1-2H3,(H,27,29). The van der Waals surface area contributed by atoms with Crippen LogP contribution in [0.2, 0.25) is 0 Å². The molecule has 0 saturated carbocycles. The summed E-state index contributed by atoms with van der Waals surface area (Å²) in [5.74, 6) is 1.39. The Bertz CT molecular complexity index is 1320. The molecule has 1 N–H and O–H groups in total. The van der Waals surface area contributed by atoms with Crippen LogP contribution in [0.3, 0.4) is 0 Å². The third kappa shape index (κ3) is 3.99. The maximum absolute atomic E-state index is 12.5. The minimum absolute atomic E-state index is 0.139. The minimum atomic E-state index is -0.139. The van der Waals surface area contributed by atoms with Gasteiger partial charge in [0.15, 0.2) is 17.1 Å². The third-order valence-corrected chi connectivity index (χ3v) is 6.08.